The minimum absolute atomic E-state index is 0.481. The Kier molecular flexibility index (Phi) is 2.10. The van der Waals surface area contributed by atoms with Gasteiger partial charge in [0.1, 0.15) is 0 Å². The van der Waals surface area contributed by atoms with Gasteiger partial charge < -0.3 is 5.73 Å². The number of nitrogens with two attached hydrogens (primary N) is 1. The van der Waals surface area contributed by atoms with Gasteiger partial charge in [0.25, 0.3) is 0 Å². The van der Waals surface area contributed by atoms with Crippen molar-refractivity contribution in [2.45, 2.75) is 57.0 Å². The average molecular weight is 194 g/mol. The van der Waals surface area contributed by atoms with Crippen LogP contribution in [0.1, 0.15) is 44.9 Å². The Balaban J connectivity index is 1.72. The van der Waals surface area contributed by atoms with Crippen LogP contribution in [0.15, 0.2) is 0 Å². The highest BCUT2D eigenvalue weighted by molar-refractivity contribution is 5.03. The molecule has 1 heterocycles. The summed E-state index contributed by atoms with van der Waals surface area (Å²) in [5.74, 6) is 0. The molecule has 0 aromatic rings. The Morgan fingerprint density at radius 1 is 1.00 bits per heavy atom. The van der Waals surface area contributed by atoms with E-state index in [1.165, 1.54) is 58.0 Å². The van der Waals surface area contributed by atoms with Gasteiger partial charge in [-0.3, -0.25) is 4.90 Å². The molecule has 0 aromatic carbocycles. The number of hydrogen-bond acceptors (Lipinski definition) is 2. The fourth-order valence-electron chi connectivity index (χ4n) is 4.16. The highest BCUT2D eigenvalue weighted by Crippen LogP contribution is 2.53. The molecular formula is C12H22N2. The summed E-state index contributed by atoms with van der Waals surface area (Å²) in [7, 11) is 0. The maximum Gasteiger partial charge on any atom is 0.0297 e. The second-order valence-corrected chi connectivity index (χ2v) is 5.69. The van der Waals surface area contributed by atoms with E-state index < -0.39 is 0 Å². The van der Waals surface area contributed by atoms with Crippen LogP contribution >= 0.6 is 0 Å². The van der Waals surface area contributed by atoms with Crippen LogP contribution in [-0.2, 0) is 0 Å². The minimum atomic E-state index is 0.481. The van der Waals surface area contributed by atoms with Crippen molar-refractivity contribution in [1.29, 1.82) is 0 Å². The van der Waals surface area contributed by atoms with Gasteiger partial charge in [-0.2, -0.15) is 0 Å². The molecule has 2 N–H and O–H groups in total. The maximum atomic E-state index is 5.88. The zero-order chi connectivity index (χ0) is 9.60. The van der Waals surface area contributed by atoms with E-state index in [-0.39, 0.29) is 0 Å². The molecular weight excluding hydrogens is 172 g/mol. The molecule has 1 aliphatic heterocycles. The van der Waals surface area contributed by atoms with Gasteiger partial charge in [-0.15, -0.1) is 0 Å². The van der Waals surface area contributed by atoms with Crippen LogP contribution in [0.5, 0.6) is 0 Å². The predicted molar refractivity (Wildman–Crippen MR) is 58.1 cm³/mol. The van der Waals surface area contributed by atoms with E-state index in [2.05, 4.69) is 4.90 Å². The standard InChI is InChI=1S/C12H22N2/c13-10-8-14(9-10)11-4-3-7-12(11)5-1-2-6-12/h10-11H,1-9,13H2. The largest absolute Gasteiger partial charge is 0.325 e. The molecule has 3 aliphatic rings. The zero-order valence-electron chi connectivity index (χ0n) is 9.04. The zero-order valence-corrected chi connectivity index (χ0v) is 9.04. The Morgan fingerprint density at radius 3 is 2.29 bits per heavy atom. The van der Waals surface area contributed by atoms with E-state index >= 15 is 0 Å². The van der Waals surface area contributed by atoms with Crippen LogP contribution in [-0.4, -0.2) is 30.1 Å². The molecule has 3 fully saturated rings. The van der Waals surface area contributed by atoms with Crippen LogP contribution < -0.4 is 5.73 Å². The van der Waals surface area contributed by atoms with Crippen molar-refractivity contribution in [3.8, 4) is 0 Å². The molecule has 14 heavy (non-hydrogen) atoms. The van der Waals surface area contributed by atoms with Crippen molar-refractivity contribution in [2.75, 3.05) is 13.1 Å². The Bertz CT molecular complexity index is 209. The van der Waals surface area contributed by atoms with E-state index in [1.54, 1.807) is 0 Å². The first-order valence-electron chi connectivity index (χ1n) is 6.30. The summed E-state index contributed by atoms with van der Waals surface area (Å²) in [5, 5.41) is 0. The van der Waals surface area contributed by atoms with Crippen LogP contribution in [0.4, 0.5) is 0 Å². The van der Waals surface area contributed by atoms with Crippen molar-refractivity contribution < 1.29 is 0 Å². The molecule has 2 nitrogen and oxygen atoms in total. The van der Waals surface area contributed by atoms with E-state index in [1.807, 2.05) is 0 Å². The number of rotatable bonds is 1. The summed E-state index contributed by atoms with van der Waals surface area (Å²) < 4.78 is 0. The van der Waals surface area contributed by atoms with Crippen LogP contribution in [0.25, 0.3) is 0 Å². The minimum Gasteiger partial charge on any atom is -0.325 e. The number of hydrogen-bond donors (Lipinski definition) is 1. The number of nitrogens with zero attached hydrogens (tertiary/aromatic N) is 1. The first-order valence-corrected chi connectivity index (χ1v) is 6.30. The molecule has 2 aliphatic carbocycles. The first-order chi connectivity index (χ1) is 6.80. The molecule has 2 heteroatoms. The fourth-order valence-corrected chi connectivity index (χ4v) is 4.16. The molecule has 0 amide bonds. The van der Waals surface area contributed by atoms with Crippen molar-refractivity contribution in [3.63, 3.8) is 0 Å². The molecule has 1 spiro atoms. The van der Waals surface area contributed by atoms with Crippen molar-refractivity contribution in [1.82, 2.24) is 4.90 Å². The SMILES string of the molecule is NC1CN(C2CCCC23CCCC3)C1. The molecule has 1 unspecified atom stereocenters. The van der Waals surface area contributed by atoms with Crippen molar-refractivity contribution in [2.24, 2.45) is 11.1 Å². The molecule has 0 radical (unpaired) electrons. The van der Waals surface area contributed by atoms with Gasteiger partial charge >= 0.3 is 0 Å². The summed E-state index contributed by atoms with van der Waals surface area (Å²) >= 11 is 0. The van der Waals surface area contributed by atoms with Crippen LogP contribution in [0.2, 0.25) is 0 Å². The monoisotopic (exact) mass is 194 g/mol. The topological polar surface area (TPSA) is 29.3 Å². The highest BCUT2D eigenvalue weighted by atomic mass is 15.3. The average Bonchev–Trinajstić information content (AvgIpc) is 2.72. The normalized spacial score (nSPS) is 37.9. The molecule has 1 atom stereocenters. The summed E-state index contributed by atoms with van der Waals surface area (Å²) in [6, 6.07) is 1.39. The lowest BCUT2D eigenvalue weighted by Gasteiger charge is -2.47. The van der Waals surface area contributed by atoms with Gasteiger partial charge in [-0.05, 0) is 31.1 Å². The Hall–Kier alpha value is -0.0800. The second-order valence-electron chi connectivity index (χ2n) is 5.69. The van der Waals surface area contributed by atoms with Crippen molar-refractivity contribution in [3.05, 3.63) is 0 Å². The highest BCUT2D eigenvalue weighted by Gasteiger charge is 2.48. The van der Waals surface area contributed by atoms with Gasteiger partial charge in [0.2, 0.25) is 0 Å². The maximum absolute atomic E-state index is 5.88. The quantitative estimate of drug-likeness (QED) is 0.689. The molecule has 0 bridgehead atoms. The van der Waals surface area contributed by atoms with Gasteiger partial charge in [0, 0.05) is 25.2 Å². The van der Waals surface area contributed by atoms with E-state index in [9.17, 15) is 0 Å². The third-order valence-corrected chi connectivity index (χ3v) is 4.84. The second kappa shape index (κ2) is 3.21. The molecule has 80 valence electrons. The summed E-state index contributed by atoms with van der Waals surface area (Å²) in [4.78, 5) is 2.67. The number of likely N-dealkylation sites (tertiary alicyclic amines) is 1. The lowest BCUT2D eigenvalue weighted by atomic mass is 9.79. The predicted octanol–water partition coefficient (Wildman–Crippen LogP) is 1.74. The van der Waals surface area contributed by atoms with Gasteiger partial charge in [0.15, 0.2) is 0 Å². The molecule has 3 rings (SSSR count). The third kappa shape index (κ3) is 1.24. The molecule has 2 saturated carbocycles. The Labute approximate surface area is 86.8 Å². The van der Waals surface area contributed by atoms with E-state index in [0.29, 0.717) is 6.04 Å². The first kappa shape index (κ1) is 9.17. The van der Waals surface area contributed by atoms with Gasteiger partial charge in [0.05, 0.1) is 0 Å². The lowest BCUT2D eigenvalue weighted by molar-refractivity contribution is 0.0285. The Morgan fingerprint density at radius 2 is 1.64 bits per heavy atom. The summed E-state index contributed by atoms with van der Waals surface area (Å²) in [5.41, 5.74) is 6.62. The van der Waals surface area contributed by atoms with E-state index in [0.717, 1.165) is 11.5 Å². The summed E-state index contributed by atoms with van der Waals surface area (Å²) in [6.45, 7) is 2.35. The van der Waals surface area contributed by atoms with Gasteiger partial charge in [-0.1, -0.05) is 19.3 Å². The van der Waals surface area contributed by atoms with Crippen LogP contribution in [0, 0.1) is 5.41 Å². The van der Waals surface area contributed by atoms with Gasteiger partial charge in [-0.25, -0.2) is 0 Å². The summed E-state index contributed by atoms with van der Waals surface area (Å²) in [6.07, 6.45) is 10.4. The van der Waals surface area contributed by atoms with Crippen LogP contribution in [0.3, 0.4) is 0 Å². The van der Waals surface area contributed by atoms with E-state index in [4.69, 9.17) is 5.73 Å². The van der Waals surface area contributed by atoms with Crippen molar-refractivity contribution >= 4 is 0 Å². The molecule has 0 aromatic heterocycles. The smallest absolute Gasteiger partial charge is 0.0297 e. The molecule has 1 saturated heterocycles. The third-order valence-electron chi connectivity index (χ3n) is 4.84. The lowest BCUT2D eigenvalue weighted by Crippen LogP contribution is -2.61. The fraction of sp³-hybridized carbons (Fsp3) is 1.00.